The fraction of sp³-hybridized carbons (Fsp3) is 0.500. The number of ether oxygens (including phenoxy) is 2. The summed E-state index contributed by atoms with van der Waals surface area (Å²) in [5, 5.41) is 21.6. The van der Waals surface area contributed by atoms with E-state index in [2.05, 4.69) is 0 Å². The van der Waals surface area contributed by atoms with Crippen molar-refractivity contribution >= 4 is 28.7 Å². The third-order valence-corrected chi connectivity index (χ3v) is 5.70. The summed E-state index contributed by atoms with van der Waals surface area (Å²) in [6, 6.07) is 6.47. The number of aliphatic hydroxyl groups excluding tert-OH is 2. The minimum atomic E-state index is -1.27. The van der Waals surface area contributed by atoms with E-state index in [0.29, 0.717) is 11.3 Å². The average Bonchev–Trinajstić information content (AvgIpc) is 2.60. The average molecular weight is 408 g/mol. The maximum absolute atomic E-state index is 12.0. The summed E-state index contributed by atoms with van der Waals surface area (Å²) in [6.45, 7) is 6.98. The topological polar surface area (TPSA) is 106 Å². The first kappa shape index (κ1) is 20.7. The molecule has 0 amide bonds. The van der Waals surface area contributed by atoms with E-state index in [1.807, 2.05) is 6.92 Å². The number of fused-ring (bicyclic) bond motifs is 1. The summed E-state index contributed by atoms with van der Waals surface area (Å²) in [7, 11) is 0. The van der Waals surface area contributed by atoms with Crippen LogP contribution in [-0.2, 0) is 9.53 Å². The summed E-state index contributed by atoms with van der Waals surface area (Å²) in [6.07, 6.45) is -3.33. The Hall–Kier alpha value is -2.03. The molecule has 4 atom stereocenters. The smallest absolute Gasteiger partial charge is 0.336 e. The molecule has 1 fully saturated rings. The fourth-order valence-electron chi connectivity index (χ4n) is 2.80. The molecule has 1 aromatic carbocycles. The van der Waals surface area contributed by atoms with E-state index in [-0.39, 0.29) is 5.75 Å². The molecule has 1 aliphatic heterocycles. The van der Waals surface area contributed by atoms with Crippen molar-refractivity contribution in [1.29, 1.82) is 0 Å². The zero-order valence-electron chi connectivity index (χ0n) is 16.2. The molecule has 1 saturated heterocycles. The number of carbonyl (C=O) groups excluding carboxylic acids is 1. The number of esters is 1. The van der Waals surface area contributed by atoms with Gasteiger partial charge in [-0.3, -0.25) is 4.79 Å². The van der Waals surface area contributed by atoms with Gasteiger partial charge in [0.05, 0.1) is 5.41 Å². The number of thioether (sulfide) groups is 1. The Morgan fingerprint density at radius 1 is 1.21 bits per heavy atom. The quantitative estimate of drug-likeness (QED) is 0.588. The molecule has 1 aliphatic rings. The van der Waals surface area contributed by atoms with Crippen LogP contribution in [0.5, 0.6) is 5.75 Å². The highest BCUT2D eigenvalue weighted by Crippen LogP contribution is 2.32. The minimum Gasteiger partial charge on any atom is -0.477 e. The first-order chi connectivity index (χ1) is 13.1. The molecule has 1 aromatic heterocycles. The van der Waals surface area contributed by atoms with Crippen molar-refractivity contribution < 1.29 is 28.9 Å². The van der Waals surface area contributed by atoms with Gasteiger partial charge >= 0.3 is 11.6 Å². The predicted molar refractivity (Wildman–Crippen MR) is 105 cm³/mol. The molecule has 2 aromatic rings. The highest BCUT2D eigenvalue weighted by atomic mass is 32.2. The zero-order valence-corrected chi connectivity index (χ0v) is 17.0. The number of aliphatic hydroxyl groups is 2. The van der Waals surface area contributed by atoms with Gasteiger partial charge in [-0.1, -0.05) is 0 Å². The van der Waals surface area contributed by atoms with E-state index in [1.54, 1.807) is 39.0 Å². The van der Waals surface area contributed by atoms with Gasteiger partial charge in [0.25, 0.3) is 0 Å². The molecular weight excluding hydrogens is 384 g/mol. The van der Waals surface area contributed by atoms with Crippen LogP contribution in [0.2, 0.25) is 0 Å². The van der Waals surface area contributed by atoms with Crippen molar-refractivity contribution in [2.75, 3.05) is 5.75 Å². The van der Waals surface area contributed by atoms with Crippen molar-refractivity contribution in [2.45, 2.75) is 51.4 Å². The van der Waals surface area contributed by atoms with Crippen molar-refractivity contribution in [3.8, 4) is 5.75 Å². The number of hydrogen-bond acceptors (Lipinski definition) is 8. The largest absolute Gasteiger partial charge is 0.477 e. The van der Waals surface area contributed by atoms with E-state index in [0.717, 1.165) is 10.9 Å². The van der Waals surface area contributed by atoms with Gasteiger partial charge in [0, 0.05) is 23.3 Å². The van der Waals surface area contributed by atoms with Gasteiger partial charge in [-0.25, -0.2) is 4.79 Å². The number of rotatable bonds is 3. The van der Waals surface area contributed by atoms with Gasteiger partial charge < -0.3 is 24.1 Å². The van der Waals surface area contributed by atoms with Gasteiger partial charge in [0.2, 0.25) is 0 Å². The van der Waals surface area contributed by atoms with Crippen molar-refractivity contribution in [3.63, 3.8) is 0 Å². The molecule has 7 nitrogen and oxygen atoms in total. The second-order valence-corrected chi connectivity index (χ2v) is 9.03. The monoisotopic (exact) mass is 408 g/mol. The lowest BCUT2D eigenvalue weighted by Crippen LogP contribution is -2.53. The van der Waals surface area contributed by atoms with Crippen LogP contribution in [0.4, 0.5) is 0 Å². The number of benzene rings is 1. The van der Waals surface area contributed by atoms with Crippen LogP contribution < -0.4 is 10.4 Å². The molecule has 0 saturated carbocycles. The minimum absolute atomic E-state index is 0.284. The normalized spacial score (nSPS) is 25.5. The lowest BCUT2D eigenvalue weighted by atomic mass is 9.97. The van der Waals surface area contributed by atoms with Crippen LogP contribution in [-0.4, -0.2) is 45.7 Å². The molecule has 0 spiro atoms. The number of carbonyl (C=O) groups is 1. The van der Waals surface area contributed by atoms with E-state index < -0.39 is 40.8 Å². The Morgan fingerprint density at radius 2 is 1.93 bits per heavy atom. The van der Waals surface area contributed by atoms with E-state index >= 15 is 0 Å². The second-order valence-electron chi connectivity index (χ2n) is 7.90. The van der Waals surface area contributed by atoms with Gasteiger partial charge in [-0.05, 0) is 45.4 Å². The molecule has 2 heterocycles. The van der Waals surface area contributed by atoms with Crippen molar-refractivity contribution in [3.05, 3.63) is 40.2 Å². The maximum Gasteiger partial charge on any atom is 0.336 e. The SMILES string of the molecule is Cc1cc(=O)oc2cc(O[C@@H]3SC[C@@H](OC(=O)C(C)(C)C)[C@H](O)[C@H]3O)ccc12. The number of hydrogen-bond donors (Lipinski definition) is 2. The van der Waals surface area contributed by atoms with E-state index in [1.165, 1.54) is 17.8 Å². The van der Waals surface area contributed by atoms with Gasteiger partial charge in [0.15, 0.2) is 5.44 Å². The standard InChI is InChI=1S/C20H24O7S/c1-10-7-15(21)26-13-8-11(5-6-12(10)13)25-18-17(23)16(22)14(9-28-18)27-19(24)20(2,3)4/h5-8,14,16-18,22-23H,9H2,1-4H3/t14-,16+,17-,18-/m1/s1. The third kappa shape index (κ3) is 4.34. The molecule has 0 radical (unpaired) electrons. The van der Waals surface area contributed by atoms with Crippen LogP contribution in [0, 0.1) is 12.3 Å². The maximum atomic E-state index is 12.0. The molecule has 2 N–H and O–H groups in total. The van der Waals surface area contributed by atoms with E-state index in [4.69, 9.17) is 13.9 Å². The van der Waals surface area contributed by atoms with Gasteiger partial charge in [-0.2, -0.15) is 0 Å². The van der Waals surface area contributed by atoms with Crippen LogP contribution in [0.3, 0.4) is 0 Å². The molecule has 152 valence electrons. The second kappa shape index (κ2) is 7.77. The first-order valence-electron chi connectivity index (χ1n) is 8.96. The number of aryl methyl sites for hydroxylation is 1. The molecule has 8 heteroatoms. The summed E-state index contributed by atoms with van der Waals surface area (Å²) in [4.78, 5) is 23.6. The van der Waals surface area contributed by atoms with Gasteiger partial charge in [0.1, 0.15) is 29.6 Å². The van der Waals surface area contributed by atoms with Crippen LogP contribution in [0.15, 0.2) is 33.5 Å². The molecular formula is C20H24O7S. The predicted octanol–water partition coefficient (Wildman–Crippen LogP) is 2.23. The summed E-state index contributed by atoms with van der Waals surface area (Å²) < 4.78 is 16.3. The Bertz CT molecular complexity index is 930. The fourth-order valence-corrected chi connectivity index (χ4v) is 3.98. The Morgan fingerprint density at radius 3 is 2.61 bits per heavy atom. The lowest BCUT2D eigenvalue weighted by Gasteiger charge is -2.37. The highest BCUT2D eigenvalue weighted by Gasteiger charge is 2.42. The van der Waals surface area contributed by atoms with Gasteiger partial charge in [-0.15, -0.1) is 11.8 Å². The molecule has 0 aliphatic carbocycles. The summed E-state index contributed by atoms with van der Waals surface area (Å²) in [5.41, 5.74) is -0.726. The van der Waals surface area contributed by atoms with Crippen LogP contribution in [0.1, 0.15) is 26.3 Å². The van der Waals surface area contributed by atoms with E-state index in [9.17, 15) is 19.8 Å². The third-order valence-electron chi connectivity index (χ3n) is 4.48. The molecule has 3 rings (SSSR count). The van der Waals surface area contributed by atoms with Crippen molar-refractivity contribution in [2.24, 2.45) is 5.41 Å². The molecule has 0 unspecified atom stereocenters. The Kier molecular flexibility index (Phi) is 5.74. The Labute approximate surface area is 166 Å². The molecule has 28 heavy (non-hydrogen) atoms. The molecule has 0 bridgehead atoms. The summed E-state index contributed by atoms with van der Waals surface area (Å²) in [5.74, 6) is 0.241. The van der Waals surface area contributed by atoms with Crippen LogP contribution >= 0.6 is 11.8 Å². The first-order valence-corrected chi connectivity index (χ1v) is 10.0. The van der Waals surface area contributed by atoms with Crippen molar-refractivity contribution in [1.82, 2.24) is 0 Å². The van der Waals surface area contributed by atoms with Crippen LogP contribution in [0.25, 0.3) is 11.0 Å². The zero-order chi connectivity index (χ0) is 20.6. The Balaban J connectivity index is 1.72. The highest BCUT2D eigenvalue weighted by molar-refractivity contribution is 7.99. The lowest BCUT2D eigenvalue weighted by molar-refractivity contribution is -0.169. The summed E-state index contributed by atoms with van der Waals surface area (Å²) >= 11 is 1.24.